The fourth-order valence-electron chi connectivity index (χ4n) is 2.62. The second-order valence-electron chi connectivity index (χ2n) is 5.35. The monoisotopic (exact) mass is 332 g/mol. The molecule has 0 saturated carbocycles. The van der Waals surface area contributed by atoms with Gasteiger partial charge in [0.2, 0.25) is 0 Å². The highest BCUT2D eigenvalue weighted by molar-refractivity contribution is 6.00. The number of ether oxygens (including phenoxy) is 2. The molecule has 0 spiro atoms. The molecule has 0 atom stereocenters. The Morgan fingerprint density at radius 2 is 1.92 bits per heavy atom. The van der Waals surface area contributed by atoms with E-state index < -0.39 is 11.5 Å². The lowest BCUT2D eigenvalue weighted by Gasteiger charge is -2.13. The van der Waals surface area contributed by atoms with Gasteiger partial charge in [0, 0.05) is 11.8 Å². The van der Waals surface area contributed by atoms with Crippen LogP contribution >= 0.6 is 0 Å². The Morgan fingerprint density at radius 3 is 2.54 bits per heavy atom. The summed E-state index contributed by atoms with van der Waals surface area (Å²) in [5, 5.41) is 7.28. The summed E-state index contributed by atoms with van der Waals surface area (Å²) in [6.45, 7) is 7.08. The Morgan fingerprint density at radius 1 is 1.21 bits per heavy atom. The van der Waals surface area contributed by atoms with Gasteiger partial charge in [0.15, 0.2) is 0 Å². The Labute approximate surface area is 139 Å². The molecule has 0 saturated heterocycles. The highest BCUT2D eigenvalue weighted by atomic mass is 16.5. The van der Waals surface area contributed by atoms with Crippen molar-refractivity contribution in [2.24, 2.45) is 0 Å². The number of nitrogens with zero attached hydrogens (tertiary/aromatic N) is 1. The number of aromatic amines is 1. The third kappa shape index (κ3) is 3.29. The van der Waals surface area contributed by atoms with Crippen molar-refractivity contribution >= 4 is 22.7 Å². The maximum absolute atomic E-state index is 12.2. The average Bonchev–Trinajstić information content (AvgIpc) is 2.53. The molecule has 1 heterocycles. The molecule has 24 heavy (non-hydrogen) atoms. The molecule has 1 aromatic carbocycles. The highest BCUT2D eigenvalue weighted by Crippen LogP contribution is 2.25. The normalized spacial score (nSPS) is 10.7. The Balaban J connectivity index is 2.63. The van der Waals surface area contributed by atoms with Gasteiger partial charge in [0.05, 0.1) is 17.6 Å². The number of H-pyrrole nitrogens is 1. The SMILES string of the molecule is CCOC(=O)c1c(C)cc2c(COC(=O)CC)n[nH]c(=O)c2c1C. The van der Waals surface area contributed by atoms with Gasteiger partial charge >= 0.3 is 11.9 Å². The number of benzene rings is 1. The van der Waals surface area contributed by atoms with Crippen molar-refractivity contribution in [3.05, 3.63) is 38.8 Å². The first kappa shape index (κ1) is 17.7. The summed E-state index contributed by atoms with van der Waals surface area (Å²) < 4.78 is 10.2. The van der Waals surface area contributed by atoms with E-state index in [-0.39, 0.29) is 25.6 Å². The van der Waals surface area contributed by atoms with E-state index in [4.69, 9.17) is 9.47 Å². The molecular formula is C17H20N2O5. The predicted molar refractivity (Wildman–Crippen MR) is 87.9 cm³/mol. The number of hydrogen-bond acceptors (Lipinski definition) is 6. The zero-order valence-corrected chi connectivity index (χ0v) is 14.2. The number of aromatic nitrogens is 2. The van der Waals surface area contributed by atoms with Gasteiger partial charge in [0.25, 0.3) is 5.56 Å². The van der Waals surface area contributed by atoms with E-state index in [1.807, 2.05) is 0 Å². The number of fused-ring (bicyclic) bond motifs is 1. The number of hydrogen-bond donors (Lipinski definition) is 1. The maximum Gasteiger partial charge on any atom is 0.338 e. The fourth-order valence-corrected chi connectivity index (χ4v) is 2.62. The quantitative estimate of drug-likeness (QED) is 0.843. The van der Waals surface area contributed by atoms with E-state index in [2.05, 4.69) is 10.2 Å². The van der Waals surface area contributed by atoms with E-state index in [0.29, 0.717) is 33.2 Å². The molecule has 1 aromatic heterocycles. The minimum atomic E-state index is -0.468. The molecule has 0 aliphatic rings. The van der Waals surface area contributed by atoms with Crippen molar-refractivity contribution in [2.75, 3.05) is 6.61 Å². The number of esters is 2. The summed E-state index contributed by atoms with van der Waals surface area (Å²) in [5.74, 6) is -0.822. The van der Waals surface area contributed by atoms with Gasteiger partial charge in [-0.15, -0.1) is 0 Å². The van der Waals surface area contributed by atoms with Crippen LogP contribution in [-0.2, 0) is 20.9 Å². The van der Waals surface area contributed by atoms with E-state index in [9.17, 15) is 14.4 Å². The molecule has 0 aliphatic carbocycles. The van der Waals surface area contributed by atoms with E-state index in [1.54, 1.807) is 33.8 Å². The second-order valence-corrected chi connectivity index (χ2v) is 5.35. The largest absolute Gasteiger partial charge is 0.462 e. The number of rotatable bonds is 5. The van der Waals surface area contributed by atoms with Crippen molar-refractivity contribution in [2.45, 2.75) is 40.7 Å². The Bertz CT molecular complexity index is 854. The molecule has 1 N–H and O–H groups in total. The van der Waals surface area contributed by atoms with Crippen LogP contribution < -0.4 is 5.56 Å². The summed E-state index contributed by atoms with van der Waals surface area (Å²) in [4.78, 5) is 35.7. The number of carbonyl (C=O) groups is 2. The summed E-state index contributed by atoms with van der Waals surface area (Å²) in [5.41, 5.74) is 1.60. The molecule has 7 heteroatoms. The fraction of sp³-hybridized carbons (Fsp3) is 0.412. The number of aryl methyl sites for hydroxylation is 2. The van der Waals surface area contributed by atoms with Crippen molar-refractivity contribution < 1.29 is 19.1 Å². The van der Waals surface area contributed by atoms with E-state index in [0.717, 1.165) is 0 Å². The summed E-state index contributed by atoms with van der Waals surface area (Å²) in [6, 6.07) is 1.70. The van der Waals surface area contributed by atoms with Crippen LogP contribution in [0.3, 0.4) is 0 Å². The lowest BCUT2D eigenvalue weighted by atomic mass is 9.96. The zero-order chi connectivity index (χ0) is 17.9. The maximum atomic E-state index is 12.2. The first-order valence-electron chi connectivity index (χ1n) is 7.74. The van der Waals surface area contributed by atoms with E-state index in [1.165, 1.54) is 0 Å². The predicted octanol–water partition coefficient (Wildman–Crippen LogP) is 2.17. The Kier molecular flexibility index (Phi) is 5.33. The van der Waals surface area contributed by atoms with Gasteiger partial charge in [-0.3, -0.25) is 9.59 Å². The Hall–Kier alpha value is -2.70. The molecule has 0 bridgehead atoms. The third-order valence-electron chi connectivity index (χ3n) is 3.74. The molecule has 2 aromatic rings. The minimum Gasteiger partial charge on any atom is -0.462 e. The van der Waals surface area contributed by atoms with Crippen molar-refractivity contribution in [3.63, 3.8) is 0 Å². The van der Waals surface area contributed by atoms with Gasteiger partial charge in [-0.2, -0.15) is 5.10 Å². The highest BCUT2D eigenvalue weighted by Gasteiger charge is 2.20. The topological polar surface area (TPSA) is 98.3 Å². The van der Waals surface area contributed by atoms with Crippen molar-refractivity contribution in [3.8, 4) is 0 Å². The molecule has 2 rings (SSSR count). The first-order valence-corrected chi connectivity index (χ1v) is 7.74. The van der Waals surface area contributed by atoms with Crippen LogP contribution in [0.5, 0.6) is 0 Å². The molecule has 128 valence electrons. The lowest BCUT2D eigenvalue weighted by Crippen LogP contribution is -2.17. The second kappa shape index (κ2) is 7.25. The van der Waals surface area contributed by atoms with Crippen LogP contribution in [0.2, 0.25) is 0 Å². The van der Waals surface area contributed by atoms with Gasteiger partial charge < -0.3 is 9.47 Å². The molecule has 0 amide bonds. The molecule has 0 aliphatic heterocycles. The smallest absolute Gasteiger partial charge is 0.338 e. The number of carbonyl (C=O) groups excluding carboxylic acids is 2. The first-order chi connectivity index (χ1) is 11.4. The standard InChI is InChI=1S/C17H20N2O5/c1-5-13(20)24-8-12-11-7-9(3)14(17(22)23-6-2)10(4)15(11)16(21)19-18-12/h7H,5-6,8H2,1-4H3,(H,19,21). The van der Waals surface area contributed by atoms with Crippen molar-refractivity contribution in [1.29, 1.82) is 0 Å². The summed E-state index contributed by atoms with van der Waals surface area (Å²) >= 11 is 0. The lowest BCUT2D eigenvalue weighted by molar-refractivity contribution is -0.144. The summed E-state index contributed by atoms with van der Waals surface area (Å²) in [6.07, 6.45) is 0.256. The molecule has 0 radical (unpaired) electrons. The van der Waals surface area contributed by atoms with Crippen LogP contribution in [0.4, 0.5) is 0 Å². The molecule has 7 nitrogen and oxygen atoms in total. The van der Waals surface area contributed by atoms with Gasteiger partial charge in [0.1, 0.15) is 12.3 Å². The van der Waals surface area contributed by atoms with Gasteiger partial charge in [-0.25, -0.2) is 9.89 Å². The van der Waals surface area contributed by atoms with Crippen molar-refractivity contribution in [1.82, 2.24) is 10.2 Å². The van der Waals surface area contributed by atoms with Crippen LogP contribution in [0.15, 0.2) is 10.9 Å². The molecule has 0 unspecified atom stereocenters. The zero-order valence-electron chi connectivity index (χ0n) is 14.2. The molecular weight excluding hydrogens is 312 g/mol. The van der Waals surface area contributed by atoms with Gasteiger partial charge in [-0.05, 0) is 38.0 Å². The minimum absolute atomic E-state index is 0.0441. The average molecular weight is 332 g/mol. The van der Waals surface area contributed by atoms with E-state index >= 15 is 0 Å². The summed E-state index contributed by atoms with van der Waals surface area (Å²) in [7, 11) is 0. The van der Waals surface area contributed by atoms with Gasteiger partial charge in [-0.1, -0.05) is 6.92 Å². The van der Waals surface area contributed by atoms with Crippen LogP contribution in [0.25, 0.3) is 10.8 Å². The van der Waals surface area contributed by atoms with Crippen LogP contribution in [0.1, 0.15) is 47.4 Å². The van der Waals surface area contributed by atoms with Crippen LogP contribution in [0, 0.1) is 13.8 Å². The third-order valence-corrected chi connectivity index (χ3v) is 3.74. The number of nitrogens with one attached hydrogen (secondary N) is 1. The van der Waals surface area contributed by atoms with Crippen LogP contribution in [-0.4, -0.2) is 28.7 Å². The molecule has 0 fully saturated rings.